The number of aryl methyl sites for hydroxylation is 2. The Balaban J connectivity index is 2.08. The molecule has 0 amide bonds. The number of hydrogen-bond donors (Lipinski definition) is 2. The van der Waals surface area contributed by atoms with Crippen molar-refractivity contribution in [3.8, 4) is 0 Å². The molecule has 1 aromatic carbocycles. The van der Waals surface area contributed by atoms with E-state index in [1.807, 2.05) is 0 Å². The van der Waals surface area contributed by atoms with Gasteiger partial charge < -0.3 is 10.3 Å². The van der Waals surface area contributed by atoms with E-state index in [2.05, 4.69) is 14.9 Å². The lowest BCUT2D eigenvalue weighted by Gasteiger charge is -2.09. The lowest BCUT2D eigenvalue weighted by atomic mass is 10.2. The molecule has 7 nitrogen and oxygen atoms in total. The van der Waals surface area contributed by atoms with Gasteiger partial charge in [0.05, 0.1) is 15.6 Å². The number of benzene rings is 1. The monoisotopic (exact) mass is 330 g/mol. The van der Waals surface area contributed by atoms with Crippen LogP contribution in [0.25, 0.3) is 0 Å². The second kappa shape index (κ2) is 6.00. The van der Waals surface area contributed by atoms with Crippen LogP contribution in [0.15, 0.2) is 21.6 Å². The van der Waals surface area contributed by atoms with Crippen molar-refractivity contribution in [2.45, 2.75) is 25.2 Å². The van der Waals surface area contributed by atoms with Gasteiger partial charge in [-0.05, 0) is 31.5 Å². The molecule has 1 heterocycles. The molecule has 9 heteroatoms. The number of sulfonamides is 1. The first-order chi connectivity index (χ1) is 9.79. The summed E-state index contributed by atoms with van der Waals surface area (Å²) >= 11 is 5.92. The van der Waals surface area contributed by atoms with Crippen LogP contribution in [0, 0.1) is 13.8 Å². The molecule has 2 aromatic rings. The Morgan fingerprint density at radius 3 is 2.67 bits per heavy atom. The third-order valence-electron chi connectivity index (χ3n) is 2.77. The summed E-state index contributed by atoms with van der Waals surface area (Å²) in [6.45, 7) is 3.53. The highest BCUT2D eigenvalue weighted by Crippen LogP contribution is 2.26. The van der Waals surface area contributed by atoms with Crippen LogP contribution >= 0.6 is 11.6 Å². The minimum absolute atomic E-state index is 0.0728. The molecule has 3 N–H and O–H groups in total. The Morgan fingerprint density at radius 1 is 1.38 bits per heavy atom. The van der Waals surface area contributed by atoms with E-state index in [1.165, 1.54) is 12.1 Å². The Kier molecular flexibility index (Phi) is 4.50. The SMILES string of the molecule is Cc1noc(CCNS(=O)(=O)c2cc(C)c(Cl)c(N)c2)n1. The van der Waals surface area contributed by atoms with Gasteiger partial charge in [-0.15, -0.1) is 0 Å². The maximum atomic E-state index is 12.2. The van der Waals surface area contributed by atoms with Crippen molar-refractivity contribution in [1.29, 1.82) is 0 Å². The summed E-state index contributed by atoms with van der Waals surface area (Å²) in [6, 6.07) is 2.80. The van der Waals surface area contributed by atoms with E-state index in [-0.39, 0.29) is 17.1 Å². The van der Waals surface area contributed by atoms with Gasteiger partial charge in [-0.2, -0.15) is 4.98 Å². The summed E-state index contributed by atoms with van der Waals surface area (Å²) in [5, 5.41) is 3.98. The molecule has 0 aliphatic heterocycles. The first kappa shape index (κ1) is 15.7. The molecule has 114 valence electrons. The van der Waals surface area contributed by atoms with E-state index in [9.17, 15) is 8.42 Å². The molecule has 0 bridgehead atoms. The quantitative estimate of drug-likeness (QED) is 0.802. The highest BCUT2D eigenvalue weighted by Gasteiger charge is 2.17. The van der Waals surface area contributed by atoms with Crippen LogP contribution in [0.1, 0.15) is 17.3 Å². The highest BCUT2D eigenvalue weighted by molar-refractivity contribution is 7.89. The Labute approximate surface area is 127 Å². The molecule has 0 unspecified atom stereocenters. The topological polar surface area (TPSA) is 111 Å². The summed E-state index contributed by atoms with van der Waals surface area (Å²) in [5.41, 5.74) is 6.51. The van der Waals surface area contributed by atoms with Crippen LogP contribution in [0.3, 0.4) is 0 Å². The fourth-order valence-electron chi connectivity index (χ4n) is 1.74. The normalized spacial score (nSPS) is 11.8. The van der Waals surface area contributed by atoms with E-state index in [4.69, 9.17) is 21.9 Å². The molecule has 0 saturated heterocycles. The predicted molar refractivity (Wildman–Crippen MR) is 78.5 cm³/mol. The first-order valence-electron chi connectivity index (χ1n) is 6.14. The lowest BCUT2D eigenvalue weighted by Crippen LogP contribution is -2.26. The third-order valence-corrected chi connectivity index (χ3v) is 4.72. The van der Waals surface area contributed by atoms with Crippen molar-refractivity contribution in [3.05, 3.63) is 34.4 Å². The summed E-state index contributed by atoms with van der Waals surface area (Å²) in [6.07, 6.45) is 0.308. The summed E-state index contributed by atoms with van der Waals surface area (Å²) in [7, 11) is -3.66. The fourth-order valence-corrected chi connectivity index (χ4v) is 3.00. The lowest BCUT2D eigenvalue weighted by molar-refractivity contribution is 0.375. The average Bonchev–Trinajstić information content (AvgIpc) is 2.81. The Morgan fingerprint density at radius 2 is 2.10 bits per heavy atom. The number of nitrogens with two attached hydrogens (primary N) is 1. The smallest absolute Gasteiger partial charge is 0.240 e. The number of nitrogen functional groups attached to an aromatic ring is 1. The van der Waals surface area contributed by atoms with Gasteiger partial charge in [0, 0.05) is 13.0 Å². The molecular weight excluding hydrogens is 316 g/mol. The molecule has 0 fully saturated rings. The molecule has 0 spiro atoms. The summed E-state index contributed by atoms with van der Waals surface area (Å²) in [5.74, 6) is 0.885. The first-order valence-corrected chi connectivity index (χ1v) is 8.00. The van der Waals surface area contributed by atoms with Gasteiger partial charge in [-0.3, -0.25) is 0 Å². The molecule has 1 aromatic heterocycles. The number of anilines is 1. The molecule has 0 radical (unpaired) electrons. The number of halogens is 1. The third kappa shape index (κ3) is 3.72. The summed E-state index contributed by atoms with van der Waals surface area (Å²) < 4.78 is 31.7. The largest absolute Gasteiger partial charge is 0.397 e. The maximum Gasteiger partial charge on any atom is 0.240 e. The van der Waals surface area contributed by atoms with Crippen LogP contribution in [0.2, 0.25) is 5.02 Å². The van der Waals surface area contributed by atoms with E-state index in [0.717, 1.165) is 0 Å². The van der Waals surface area contributed by atoms with E-state index in [0.29, 0.717) is 28.7 Å². The minimum Gasteiger partial charge on any atom is -0.397 e. The zero-order valence-corrected chi connectivity index (χ0v) is 13.1. The van der Waals surface area contributed by atoms with Crippen LogP contribution < -0.4 is 10.5 Å². The molecule has 0 saturated carbocycles. The van der Waals surface area contributed by atoms with Gasteiger partial charge in [0.25, 0.3) is 0 Å². The van der Waals surface area contributed by atoms with Crippen molar-refractivity contribution in [3.63, 3.8) is 0 Å². The van der Waals surface area contributed by atoms with Crippen molar-refractivity contribution in [2.24, 2.45) is 0 Å². The van der Waals surface area contributed by atoms with E-state index in [1.54, 1.807) is 13.8 Å². The number of nitrogens with one attached hydrogen (secondary N) is 1. The van der Waals surface area contributed by atoms with Gasteiger partial charge in [0.2, 0.25) is 15.9 Å². The zero-order chi connectivity index (χ0) is 15.6. The van der Waals surface area contributed by atoms with Crippen molar-refractivity contribution < 1.29 is 12.9 Å². The van der Waals surface area contributed by atoms with Gasteiger partial charge in [0.15, 0.2) is 5.82 Å². The molecular formula is C12H15ClN4O3S. The number of rotatable bonds is 5. The fraction of sp³-hybridized carbons (Fsp3) is 0.333. The average molecular weight is 331 g/mol. The molecule has 0 atom stereocenters. The predicted octanol–water partition coefficient (Wildman–Crippen LogP) is 1.44. The van der Waals surface area contributed by atoms with Gasteiger partial charge in [-0.1, -0.05) is 16.8 Å². The number of nitrogens with zero attached hydrogens (tertiary/aromatic N) is 2. The second-order valence-corrected chi connectivity index (χ2v) is 6.67. The van der Waals surface area contributed by atoms with Crippen molar-refractivity contribution >= 4 is 27.3 Å². The van der Waals surface area contributed by atoms with Crippen LogP contribution in [-0.2, 0) is 16.4 Å². The van der Waals surface area contributed by atoms with Gasteiger partial charge >= 0.3 is 0 Å². The zero-order valence-electron chi connectivity index (χ0n) is 11.6. The standard InChI is InChI=1S/C12H15ClN4O3S/c1-7-5-9(6-10(14)12(7)13)21(18,19)15-4-3-11-16-8(2)17-20-11/h5-6,15H,3-4,14H2,1-2H3. The van der Waals surface area contributed by atoms with Crippen LogP contribution in [0.5, 0.6) is 0 Å². The second-order valence-electron chi connectivity index (χ2n) is 4.53. The van der Waals surface area contributed by atoms with Crippen LogP contribution in [0.4, 0.5) is 5.69 Å². The van der Waals surface area contributed by atoms with Crippen molar-refractivity contribution in [2.75, 3.05) is 12.3 Å². The van der Waals surface area contributed by atoms with E-state index >= 15 is 0 Å². The molecule has 2 rings (SSSR count). The Hall–Kier alpha value is -1.64. The molecule has 21 heavy (non-hydrogen) atoms. The van der Waals surface area contributed by atoms with Gasteiger partial charge in [0.1, 0.15) is 0 Å². The minimum atomic E-state index is -3.66. The Bertz CT molecular complexity index is 735. The molecule has 0 aliphatic rings. The summed E-state index contributed by atoms with van der Waals surface area (Å²) in [4.78, 5) is 4.07. The van der Waals surface area contributed by atoms with Crippen molar-refractivity contribution in [1.82, 2.24) is 14.9 Å². The number of hydrogen-bond acceptors (Lipinski definition) is 6. The van der Waals surface area contributed by atoms with Gasteiger partial charge in [-0.25, -0.2) is 13.1 Å². The highest BCUT2D eigenvalue weighted by atomic mass is 35.5. The number of aromatic nitrogens is 2. The van der Waals surface area contributed by atoms with Crippen LogP contribution in [-0.4, -0.2) is 25.1 Å². The molecule has 0 aliphatic carbocycles. The maximum absolute atomic E-state index is 12.2. The van der Waals surface area contributed by atoms with E-state index < -0.39 is 10.0 Å².